The van der Waals surface area contributed by atoms with Crippen LogP contribution in [-0.4, -0.2) is 38.9 Å². The molecule has 0 spiro atoms. The van der Waals surface area contributed by atoms with Gasteiger partial charge in [0.25, 0.3) is 10.2 Å². The lowest BCUT2D eigenvalue weighted by atomic mass is 10.1. The molecule has 1 saturated heterocycles. The van der Waals surface area contributed by atoms with Gasteiger partial charge in [0.05, 0.1) is 0 Å². The van der Waals surface area contributed by atoms with Gasteiger partial charge < -0.3 is 5.32 Å². The van der Waals surface area contributed by atoms with Crippen LogP contribution in [0.5, 0.6) is 0 Å². The van der Waals surface area contributed by atoms with Crippen molar-refractivity contribution < 1.29 is 8.42 Å². The molecule has 0 saturated carbocycles. The second-order valence-corrected chi connectivity index (χ2v) is 6.40. The zero-order valence-corrected chi connectivity index (χ0v) is 12.0. The Bertz CT molecular complexity index is 493. The first-order chi connectivity index (χ1) is 9.12. The third-order valence-corrected chi connectivity index (χ3v) is 4.86. The molecule has 1 heterocycles. The molecule has 0 aromatic heterocycles. The summed E-state index contributed by atoms with van der Waals surface area (Å²) in [6.45, 7) is 4.94. The zero-order chi connectivity index (χ0) is 13.7. The molecule has 19 heavy (non-hydrogen) atoms. The molecule has 0 amide bonds. The summed E-state index contributed by atoms with van der Waals surface area (Å²) in [5.41, 5.74) is 2.24. The summed E-state index contributed by atoms with van der Waals surface area (Å²) in [6.07, 6.45) is 0.993. The highest BCUT2D eigenvalue weighted by atomic mass is 32.2. The Morgan fingerprint density at radius 3 is 2.32 bits per heavy atom. The van der Waals surface area contributed by atoms with E-state index >= 15 is 0 Å². The van der Waals surface area contributed by atoms with E-state index in [-0.39, 0.29) is 0 Å². The first kappa shape index (κ1) is 14.5. The molecule has 106 valence electrons. The van der Waals surface area contributed by atoms with E-state index in [1.807, 2.05) is 24.3 Å². The van der Waals surface area contributed by atoms with Gasteiger partial charge in [0.15, 0.2) is 0 Å². The highest BCUT2D eigenvalue weighted by Crippen LogP contribution is 2.06. The average molecular weight is 283 g/mol. The largest absolute Gasteiger partial charge is 0.314 e. The number of rotatable bonds is 5. The van der Waals surface area contributed by atoms with E-state index in [0.717, 1.165) is 12.0 Å². The van der Waals surface area contributed by atoms with Crippen molar-refractivity contribution in [2.45, 2.75) is 19.9 Å². The number of piperazine rings is 1. The quantitative estimate of drug-likeness (QED) is 0.827. The van der Waals surface area contributed by atoms with Gasteiger partial charge in [-0.25, -0.2) is 0 Å². The molecule has 0 unspecified atom stereocenters. The first-order valence-electron chi connectivity index (χ1n) is 6.65. The first-order valence-corrected chi connectivity index (χ1v) is 8.09. The number of hydrogen-bond donors (Lipinski definition) is 2. The van der Waals surface area contributed by atoms with Gasteiger partial charge in [0, 0.05) is 32.7 Å². The maximum Gasteiger partial charge on any atom is 0.279 e. The second-order valence-electron chi connectivity index (χ2n) is 4.65. The third kappa shape index (κ3) is 4.01. The standard InChI is InChI=1S/C13H21N3O2S/c1-2-12-3-5-13(6-4-12)11-15-19(17,18)16-9-7-14-8-10-16/h3-6,14-15H,2,7-11H2,1H3. The predicted molar refractivity (Wildman–Crippen MR) is 76.0 cm³/mol. The number of nitrogens with one attached hydrogen (secondary N) is 2. The summed E-state index contributed by atoms with van der Waals surface area (Å²) in [7, 11) is -3.35. The Morgan fingerprint density at radius 2 is 1.74 bits per heavy atom. The van der Waals surface area contributed by atoms with E-state index in [9.17, 15) is 8.42 Å². The Morgan fingerprint density at radius 1 is 1.16 bits per heavy atom. The van der Waals surface area contributed by atoms with Crippen molar-refractivity contribution in [3.8, 4) is 0 Å². The van der Waals surface area contributed by atoms with E-state index in [4.69, 9.17) is 0 Å². The molecule has 1 fully saturated rings. The van der Waals surface area contributed by atoms with Gasteiger partial charge in [-0.05, 0) is 17.5 Å². The van der Waals surface area contributed by atoms with Crippen molar-refractivity contribution in [1.82, 2.24) is 14.3 Å². The Hall–Kier alpha value is -0.950. The van der Waals surface area contributed by atoms with Crippen molar-refractivity contribution in [2.24, 2.45) is 0 Å². The molecule has 0 atom stereocenters. The fraction of sp³-hybridized carbons (Fsp3) is 0.538. The van der Waals surface area contributed by atoms with Gasteiger partial charge in [-0.2, -0.15) is 17.4 Å². The molecule has 2 N–H and O–H groups in total. The summed E-state index contributed by atoms with van der Waals surface area (Å²) in [5, 5.41) is 3.14. The monoisotopic (exact) mass is 283 g/mol. The van der Waals surface area contributed by atoms with Crippen LogP contribution in [0, 0.1) is 0 Å². The third-order valence-electron chi connectivity index (χ3n) is 3.31. The molecule has 0 radical (unpaired) electrons. The van der Waals surface area contributed by atoms with Gasteiger partial charge in [0.2, 0.25) is 0 Å². The Labute approximate surface area is 115 Å². The molecule has 1 aliphatic rings. The Kier molecular flexibility index (Phi) is 4.93. The molecule has 1 aliphatic heterocycles. The van der Waals surface area contributed by atoms with E-state index in [1.165, 1.54) is 9.87 Å². The summed E-state index contributed by atoms with van der Waals surface area (Å²) >= 11 is 0. The highest BCUT2D eigenvalue weighted by Gasteiger charge is 2.22. The van der Waals surface area contributed by atoms with Gasteiger partial charge in [-0.1, -0.05) is 31.2 Å². The second kappa shape index (κ2) is 6.47. The number of hydrogen-bond acceptors (Lipinski definition) is 3. The van der Waals surface area contributed by atoms with Crippen LogP contribution >= 0.6 is 0 Å². The lowest BCUT2D eigenvalue weighted by Crippen LogP contribution is -2.50. The molecule has 2 rings (SSSR count). The molecule has 5 nitrogen and oxygen atoms in total. The van der Waals surface area contributed by atoms with Crippen molar-refractivity contribution in [1.29, 1.82) is 0 Å². The SMILES string of the molecule is CCc1ccc(CNS(=O)(=O)N2CCNCC2)cc1. The minimum atomic E-state index is -3.35. The number of nitrogens with zero attached hydrogens (tertiary/aromatic N) is 1. The van der Waals surface area contributed by atoms with Crippen molar-refractivity contribution in [3.63, 3.8) is 0 Å². The summed E-state index contributed by atoms with van der Waals surface area (Å²) in [4.78, 5) is 0. The van der Waals surface area contributed by atoms with Crippen molar-refractivity contribution in [3.05, 3.63) is 35.4 Å². The van der Waals surface area contributed by atoms with Crippen molar-refractivity contribution in [2.75, 3.05) is 26.2 Å². The molecule has 6 heteroatoms. The molecular formula is C13H21N3O2S. The maximum absolute atomic E-state index is 12.1. The lowest BCUT2D eigenvalue weighted by molar-refractivity contribution is 0.354. The normalized spacial score (nSPS) is 17.5. The fourth-order valence-electron chi connectivity index (χ4n) is 2.04. The van der Waals surface area contributed by atoms with Crippen LogP contribution in [-0.2, 0) is 23.2 Å². The van der Waals surface area contributed by atoms with E-state index in [0.29, 0.717) is 32.7 Å². The van der Waals surface area contributed by atoms with Gasteiger partial charge in [-0.15, -0.1) is 0 Å². The summed E-state index contributed by atoms with van der Waals surface area (Å²) < 4.78 is 28.3. The Balaban J connectivity index is 1.92. The smallest absolute Gasteiger partial charge is 0.279 e. The molecular weight excluding hydrogens is 262 g/mol. The minimum Gasteiger partial charge on any atom is -0.314 e. The van der Waals surface area contributed by atoms with Crippen LogP contribution in [0.4, 0.5) is 0 Å². The zero-order valence-electron chi connectivity index (χ0n) is 11.2. The van der Waals surface area contributed by atoms with Crippen molar-refractivity contribution >= 4 is 10.2 Å². The average Bonchev–Trinajstić information content (AvgIpc) is 2.47. The summed E-state index contributed by atoms with van der Waals surface area (Å²) in [6, 6.07) is 8.01. The van der Waals surface area contributed by atoms with Gasteiger partial charge in [-0.3, -0.25) is 0 Å². The predicted octanol–water partition coefficient (Wildman–Crippen LogP) is 0.489. The van der Waals surface area contributed by atoms with Crippen LogP contribution in [0.1, 0.15) is 18.1 Å². The fourth-order valence-corrected chi connectivity index (χ4v) is 3.24. The van der Waals surface area contributed by atoms with Crippen LogP contribution in [0.25, 0.3) is 0 Å². The van der Waals surface area contributed by atoms with E-state index < -0.39 is 10.2 Å². The molecule has 0 bridgehead atoms. The van der Waals surface area contributed by atoms with Gasteiger partial charge >= 0.3 is 0 Å². The van der Waals surface area contributed by atoms with Crippen LogP contribution in [0.2, 0.25) is 0 Å². The van der Waals surface area contributed by atoms with Crippen LogP contribution in [0.3, 0.4) is 0 Å². The minimum absolute atomic E-state index is 0.344. The maximum atomic E-state index is 12.1. The number of aryl methyl sites for hydroxylation is 1. The summed E-state index contributed by atoms with van der Waals surface area (Å²) in [5.74, 6) is 0. The van der Waals surface area contributed by atoms with Crippen LogP contribution in [0.15, 0.2) is 24.3 Å². The van der Waals surface area contributed by atoms with Gasteiger partial charge in [0.1, 0.15) is 0 Å². The molecule has 1 aromatic rings. The topological polar surface area (TPSA) is 61.4 Å². The highest BCUT2D eigenvalue weighted by molar-refractivity contribution is 7.87. The van der Waals surface area contributed by atoms with E-state index in [1.54, 1.807) is 0 Å². The number of benzene rings is 1. The molecule has 1 aromatic carbocycles. The van der Waals surface area contributed by atoms with Crippen LogP contribution < -0.4 is 10.0 Å². The lowest BCUT2D eigenvalue weighted by Gasteiger charge is -2.26. The molecule has 0 aliphatic carbocycles. The van der Waals surface area contributed by atoms with E-state index in [2.05, 4.69) is 17.0 Å².